The number of aliphatic hydroxyl groups is 3. The summed E-state index contributed by atoms with van der Waals surface area (Å²) in [5, 5.41) is 32.6. The number of carbonyl (C=O) groups is 3. The second kappa shape index (κ2) is 9.11. The highest BCUT2D eigenvalue weighted by atomic mass is 16.6. The van der Waals surface area contributed by atoms with E-state index in [0.717, 1.165) is 30.5 Å². The Morgan fingerprint density at radius 3 is 2.19 bits per heavy atom. The van der Waals surface area contributed by atoms with Crippen LogP contribution in [-0.2, 0) is 24.8 Å². The van der Waals surface area contributed by atoms with Crippen molar-refractivity contribution < 1.29 is 34.4 Å². The molecule has 0 saturated carbocycles. The molecular formula is C18H21N5O9. The van der Waals surface area contributed by atoms with Crippen LogP contribution in [0.15, 0.2) is 58.3 Å². The Kier molecular flexibility index (Phi) is 6.95. The minimum absolute atomic E-state index is 0.590. The number of H-pyrrole nitrogens is 1. The molecule has 2 rings (SSSR count). The average Bonchev–Trinajstić information content (AvgIpc) is 2.92. The number of aromatic nitrogens is 2. The molecule has 1 aliphatic rings. The van der Waals surface area contributed by atoms with Crippen molar-refractivity contribution in [1.82, 2.24) is 9.55 Å². The van der Waals surface area contributed by atoms with Gasteiger partial charge in [-0.15, -0.1) is 0 Å². The number of hydrogen-bond donors (Lipinski definition) is 7. The van der Waals surface area contributed by atoms with Gasteiger partial charge in [0.25, 0.3) is 5.56 Å². The monoisotopic (exact) mass is 451 g/mol. The van der Waals surface area contributed by atoms with Gasteiger partial charge in [0, 0.05) is 30.5 Å². The minimum atomic E-state index is -2.75. The van der Waals surface area contributed by atoms with Crippen molar-refractivity contribution >= 4 is 17.7 Å². The van der Waals surface area contributed by atoms with E-state index in [1.54, 1.807) is 0 Å². The van der Waals surface area contributed by atoms with Crippen LogP contribution < -0.4 is 28.5 Å². The molecule has 5 atom stereocenters. The summed E-state index contributed by atoms with van der Waals surface area (Å²) >= 11 is 0. The van der Waals surface area contributed by atoms with Crippen molar-refractivity contribution in [3.8, 4) is 0 Å². The second-order valence-corrected chi connectivity index (χ2v) is 6.75. The number of aliphatic hydroxyl groups excluding tert-OH is 2. The van der Waals surface area contributed by atoms with E-state index in [4.69, 9.17) is 21.9 Å². The molecule has 1 saturated heterocycles. The summed E-state index contributed by atoms with van der Waals surface area (Å²) in [7, 11) is 0. The third-order valence-electron chi connectivity index (χ3n) is 4.60. The van der Waals surface area contributed by atoms with E-state index < -0.39 is 58.6 Å². The van der Waals surface area contributed by atoms with Gasteiger partial charge in [-0.25, -0.2) is 4.79 Å². The average molecular weight is 451 g/mol. The maximum Gasteiger partial charge on any atom is 0.331 e. The normalized spacial score (nSPS) is 29.1. The van der Waals surface area contributed by atoms with Crippen molar-refractivity contribution in [2.45, 2.75) is 29.6 Å². The molecule has 0 aromatic carbocycles. The van der Waals surface area contributed by atoms with Gasteiger partial charge in [0.2, 0.25) is 23.4 Å². The number of aromatic amines is 1. The van der Waals surface area contributed by atoms with Gasteiger partial charge in [0.1, 0.15) is 18.3 Å². The summed E-state index contributed by atoms with van der Waals surface area (Å²) in [6.07, 6.45) is -0.369. The van der Waals surface area contributed by atoms with Gasteiger partial charge >= 0.3 is 5.69 Å². The molecule has 0 bridgehead atoms. The molecule has 10 N–H and O–H groups in total. The highest BCUT2D eigenvalue weighted by molar-refractivity contribution is 5.87. The van der Waals surface area contributed by atoms with Gasteiger partial charge in [-0.05, 0) is 18.2 Å². The summed E-state index contributed by atoms with van der Waals surface area (Å²) < 4.78 is 6.24. The van der Waals surface area contributed by atoms with Crippen LogP contribution in [0.5, 0.6) is 0 Å². The second-order valence-electron chi connectivity index (χ2n) is 6.75. The number of rotatable bonds is 8. The first-order valence-electron chi connectivity index (χ1n) is 8.88. The number of ether oxygens (including phenoxy) is 1. The molecule has 14 heteroatoms. The summed E-state index contributed by atoms with van der Waals surface area (Å²) in [5.74, 6) is -3.07. The number of amides is 3. The van der Waals surface area contributed by atoms with Crippen molar-refractivity contribution in [2.24, 2.45) is 17.2 Å². The van der Waals surface area contributed by atoms with Crippen molar-refractivity contribution in [2.75, 3.05) is 0 Å². The summed E-state index contributed by atoms with van der Waals surface area (Å²) in [4.78, 5) is 59.6. The van der Waals surface area contributed by atoms with Gasteiger partial charge in [-0.3, -0.25) is 28.7 Å². The molecule has 2 heterocycles. The van der Waals surface area contributed by atoms with E-state index in [1.165, 1.54) is 0 Å². The fourth-order valence-electron chi connectivity index (χ4n) is 3.19. The number of primary amides is 3. The van der Waals surface area contributed by atoms with Gasteiger partial charge in [-0.1, -0.05) is 0 Å². The number of nitrogens with one attached hydrogen (secondary N) is 1. The fraction of sp³-hybridized carbons (Fsp3) is 0.278. The first-order chi connectivity index (χ1) is 14.8. The Morgan fingerprint density at radius 1 is 1.09 bits per heavy atom. The van der Waals surface area contributed by atoms with Gasteiger partial charge < -0.3 is 37.3 Å². The SMILES string of the molecule is NC(=O)C=CC(O)[C@H]1O[C@@](C=CC(N)=O)(n2ccc(=O)[nH]c2=O)[C@@](O)(C=CC(N)=O)[C@@H]1O. The van der Waals surface area contributed by atoms with Crippen LogP contribution in [0.25, 0.3) is 0 Å². The molecule has 0 spiro atoms. The summed E-state index contributed by atoms with van der Waals surface area (Å²) in [5.41, 5.74) is 7.89. The summed E-state index contributed by atoms with van der Waals surface area (Å²) in [6.45, 7) is 0. The molecule has 1 aliphatic heterocycles. The maximum atomic E-state index is 12.5. The standard InChI is InChI=1S/C18H21N5O9/c19-10(25)2-1-9(24)14-15(29)17(31,6-3-11(20)26)18(32-14,7-4-12(21)27)23-8-5-13(28)22-16(23)30/h1-9,14-15,24,29,31H,(H2,19,25)(H2,20,26)(H2,21,27)(H,22,28,30)/t9?,14-,15-,17-,18-/m1/s1. The molecule has 1 fully saturated rings. The van der Waals surface area contributed by atoms with Crippen LogP contribution in [0.2, 0.25) is 0 Å². The molecule has 1 aromatic rings. The van der Waals surface area contributed by atoms with Crippen molar-refractivity contribution in [1.29, 1.82) is 0 Å². The zero-order chi connectivity index (χ0) is 24.3. The Hall–Kier alpha value is -3.85. The Bertz CT molecular complexity index is 1120. The Balaban J connectivity index is 2.85. The van der Waals surface area contributed by atoms with Crippen LogP contribution in [-0.4, -0.2) is 66.5 Å². The summed E-state index contributed by atoms with van der Waals surface area (Å²) in [6, 6.07) is 0.867. The third kappa shape index (κ3) is 4.57. The van der Waals surface area contributed by atoms with E-state index in [1.807, 2.05) is 4.98 Å². The lowest BCUT2D eigenvalue weighted by molar-refractivity contribution is -0.149. The Morgan fingerprint density at radius 2 is 1.66 bits per heavy atom. The highest BCUT2D eigenvalue weighted by Gasteiger charge is 2.65. The number of hydrogen-bond acceptors (Lipinski definition) is 9. The van der Waals surface area contributed by atoms with Crippen LogP contribution >= 0.6 is 0 Å². The quantitative estimate of drug-likeness (QED) is 0.187. The molecule has 14 nitrogen and oxygen atoms in total. The minimum Gasteiger partial charge on any atom is -0.387 e. The predicted molar refractivity (Wildman–Crippen MR) is 106 cm³/mol. The number of nitrogens with two attached hydrogens (primary N) is 3. The molecule has 32 heavy (non-hydrogen) atoms. The maximum absolute atomic E-state index is 12.5. The van der Waals surface area contributed by atoms with E-state index in [2.05, 4.69) is 0 Å². The van der Waals surface area contributed by atoms with Crippen LogP contribution in [0, 0.1) is 0 Å². The van der Waals surface area contributed by atoms with Crippen LogP contribution in [0.1, 0.15) is 0 Å². The first kappa shape index (κ1) is 24.4. The largest absolute Gasteiger partial charge is 0.387 e. The molecule has 172 valence electrons. The molecule has 1 aromatic heterocycles. The zero-order valence-electron chi connectivity index (χ0n) is 16.3. The smallest absolute Gasteiger partial charge is 0.331 e. The van der Waals surface area contributed by atoms with Crippen LogP contribution in [0.4, 0.5) is 0 Å². The third-order valence-corrected chi connectivity index (χ3v) is 4.60. The molecular weight excluding hydrogens is 430 g/mol. The van der Waals surface area contributed by atoms with Crippen molar-refractivity contribution in [3.63, 3.8) is 0 Å². The first-order valence-corrected chi connectivity index (χ1v) is 8.88. The van der Waals surface area contributed by atoms with Crippen molar-refractivity contribution in [3.05, 3.63) is 69.6 Å². The topological polar surface area (TPSA) is 254 Å². The zero-order valence-corrected chi connectivity index (χ0v) is 16.3. The molecule has 1 unspecified atom stereocenters. The predicted octanol–water partition coefficient (Wildman–Crippen LogP) is -4.83. The van der Waals surface area contributed by atoms with Gasteiger partial charge in [0.15, 0.2) is 5.60 Å². The van der Waals surface area contributed by atoms with Crippen LogP contribution in [0.3, 0.4) is 0 Å². The molecule has 0 radical (unpaired) electrons. The lowest BCUT2D eigenvalue weighted by atomic mass is 9.83. The van der Waals surface area contributed by atoms with Gasteiger partial charge in [-0.2, -0.15) is 0 Å². The van der Waals surface area contributed by atoms with E-state index in [-0.39, 0.29) is 0 Å². The molecule has 0 aliphatic carbocycles. The lowest BCUT2D eigenvalue weighted by Gasteiger charge is -2.38. The Labute approximate surface area is 178 Å². The van der Waals surface area contributed by atoms with Gasteiger partial charge in [0.05, 0.1) is 0 Å². The van der Waals surface area contributed by atoms with E-state index >= 15 is 0 Å². The number of nitrogens with zero attached hydrogens (tertiary/aromatic N) is 1. The highest BCUT2D eigenvalue weighted by Crippen LogP contribution is 2.46. The fourth-order valence-corrected chi connectivity index (χ4v) is 3.19. The van der Waals surface area contributed by atoms with E-state index in [9.17, 15) is 39.3 Å². The van der Waals surface area contributed by atoms with E-state index in [0.29, 0.717) is 22.8 Å². The lowest BCUT2D eigenvalue weighted by Crippen LogP contribution is -2.59. The number of carbonyl (C=O) groups excluding carboxylic acids is 3. The molecule has 3 amide bonds.